The van der Waals surface area contributed by atoms with Gasteiger partial charge >= 0.3 is 0 Å². The van der Waals surface area contributed by atoms with E-state index in [0.29, 0.717) is 34.3 Å². The van der Waals surface area contributed by atoms with Crippen molar-refractivity contribution in [1.29, 1.82) is 0 Å². The van der Waals surface area contributed by atoms with Gasteiger partial charge in [0.2, 0.25) is 17.6 Å². The highest BCUT2D eigenvalue weighted by molar-refractivity contribution is 7.99. The van der Waals surface area contributed by atoms with E-state index in [2.05, 4.69) is 10.1 Å². The summed E-state index contributed by atoms with van der Waals surface area (Å²) in [5.74, 6) is 2.21. The fourth-order valence-electron chi connectivity index (χ4n) is 3.03. The van der Waals surface area contributed by atoms with Gasteiger partial charge in [-0.1, -0.05) is 36.0 Å². The Morgan fingerprint density at radius 3 is 2.72 bits per heavy atom. The van der Waals surface area contributed by atoms with Gasteiger partial charge in [0, 0.05) is 23.7 Å². The predicted octanol–water partition coefficient (Wildman–Crippen LogP) is 4.41. The first-order valence-electron chi connectivity index (χ1n) is 8.55. The molecule has 25 heavy (non-hydrogen) atoms. The predicted molar refractivity (Wildman–Crippen MR) is 101 cm³/mol. The quantitative estimate of drug-likeness (QED) is 0.743. The van der Waals surface area contributed by atoms with Gasteiger partial charge in [-0.3, -0.25) is 4.79 Å². The van der Waals surface area contributed by atoms with Crippen LogP contribution in [-0.2, 0) is 10.5 Å². The number of carbonyl (C=O) groups is 1. The number of rotatable bonds is 6. The van der Waals surface area contributed by atoms with Gasteiger partial charge in [-0.05, 0) is 37.1 Å². The highest BCUT2D eigenvalue weighted by Crippen LogP contribution is 2.23. The summed E-state index contributed by atoms with van der Waals surface area (Å²) in [6, 6.07) is 7.70. The van der Waals surface area contributed by atoms with Crippen molar-refractivity contribution >= 4 is 29.3 Å². The molecule has 7 heteroatoms. The summed E-state index contributed by atoms with van der Waals surface area (Å²) >= 11 is 7.39. The Bertz CT molecular complexity index is 699. The maximum atomic E-state index is 12.3. The highest BCUT2D eigenvalue weighted by atomic mass is 35.5. The van der Waals surface area contributed by atoms with Crippen molar-refractivity contribution < 1.29 is 9.32 Å². The van der Waals surface area contributed by atoms with Crippen LogP contribution in [0.5, 0.6) is 0 Å². The maximum Gasteiger partial charge on any atom is 0.236 e. The van der Waals surface area contributed by atoms with Crippen LogP contribution >= 0.6 is 23.4 Å². The van der Waals surface area contributed by atoms with Crippen LogP contribution in [0.3, 0.4) is 0 Å². The van der Waals surface area contributed by atoms with E-state index >= 15 is 0 Å². The number of benzene rings is 1. The second kappa shape index (κ2) is 8.72. The fraction of sp³-hybridized carbons (Fsp3) is 0.500. The third-order valence-electron chi connectivity index (χ3n) is 4.54. The van der Waals surface area contributed by atoms with Gasteiger partial charge in [0.15, 0.2) is 0 Å². The molecule has 1 aliphatic rings. The Hall–Kier alpha value is -1.53. The molecule has 1 heterocycles. The van der Waals surface area contributed by atoms with E-state index in [9.17, 15) is 4.79 Å². The molecule has 1 aromatic carbocycles. The van der Waals surface area contributed by atoms with Crippen LogP contribution in [0.4, 0.5) is 0 Å². The minimum absolute atomic E-state index is 0.175. The molecule has 2 aromatic rings. The largest absolute Gasteiger partial charge is 0.342 e. The maximum absolute atomic E-state index is 12.3. The average Bonchev–Trinajstić information content (AvgIpc) is 3.11. The van der Waals surface area contributed by atoms with Gasteiger partial charge in [-0.2, -0.15) is 4.98 Å². The van der Waals surface area contributed by atoms with Crippen LogP contribution in [0, 0.1) is 0 Å². The van der Waals surface area contributed by atoms with Gasteiger partial charge in [-0.15, -0.1) is 11.8 Å². The average molecular weight is 380 g/mol. The molecular formula is C18H22ClN3O2S. The van der Waals surface area contributed by atoms with Crippen LogP contribution in [0.1, 0.15) is 38.0 Å². The normalized spacial score (nSPS) is 15.3. The molecular weight excluding hydrogens is 358 g/mol. The molecule has 0 atom stereocenters. The molecule has 1 aromatic heterocycles. The summed E-state index contributed by atoms with van der Waals surface area (Å²) in [4.78, 5) is 18.6. The number of nitrogens with zero attached hydrogens (tertiary/aromatic N) is 3. The lowest BCUT2D eigenvalue weighted by molar-refractivity contribution is -0.129. The first-order chi connectivity index (χ1) is 12.1. The van der Waals surface area contributed by atoms with Gasteiger partial charge in [-0.25, -0.2) is 0 Å². The number of hydrogen-bond acceptors (Lipinski definition) is 5. The number of halogens is 1. The van der Waals surface area contributed by atoms with Crippen molar-refractivity contribution in [2.24, 2.45) is 0 Å². The van der Waals surface area contributed by atoms with E-state index in [1.165, 1.54) is 31.0 Å². The Balaban J connectivity index is 1.47. The number of amides is 1. The molecule has 1 amide bonds. The minimum Gasteiger partial charge on any atom is -0.342 e. The summed E-state index contributed by atoms with van der Waals surface area (Å²) in [7, 11) is 1.92. The zero-order valence-corrected chi connectivity index (χ0v) is 15.9. The third-order valence-corrected chi connectivity index (χ3v) is 5.69. The van der Waals surface area contributed by atoms with E-state index in [1.54, 1.807) is 12.1 Å². The molecule has 3 rings (SSSR count). The molecule has 5 nitrogen and oxygen atoms in total. The van der Waals surface area contributed by atoms with Gasteiger partial charge in [0.25, 0.3) is 0 Å². The molecule has 1 aliphatic carbocycles. The van der Waals surface area contributed by atoms with E-state index in [4.69, 9.17) is 16.1 Å². The van der Waals surface area contributed by atoms with Gasteiger partial charge in [0.1, 0.15) is 0 Å². The molecule has 0 N–H and O–H groups in total. The first-order valence-corrected chi connectivity index (χ1v) is 10.1. The molecule has 0 bridgehead atoms. The molecule has 134 valence electrons. The van der Waals surface area contributed by atoms with Gasteiger partial charge in [0.05, 0.1) is 11.5 Å². The molecule has 0 radical (unpaired) electrons. The molecule has 0 saturated heterocycles. The van der Waals surface area contributed by atoms with Crippen molar-refractivity contribution in [1.82, 2.24) is 15.0 Å². The molecule has 0 spiro atoms. The molecule has 0 unspecified atom stereocenters. The summed E-state index contributed by atoms with van der Waals surface area (Å²) in [6.07, 6.45) is 6.00. The zero-order valence-electron chi connectivity index (χ0n) is 14.3. The lowest BCUT2D eigenvalue weighted by atomic mass is 9.94. The monoisotopic (exact) mass is 379 g/mol. The van der Waals surface area contributed by atoms with Crippen LogP contribution in [-0.4, -0.2) is 39.8 Å². The second-order valence-corrected chi connectivity index (χ2v) is 7.73. The van der Waals surface area contributed by atoms with Crippen molar-refractivity contribution in [3.8, 4) is 11.4 Å². The Morgan fingerprint density at radius 1 is 1.28 bits per heavy atom. The number of thioether (sulfide) groups is 1. The van der Waals surface area contributed by atoms with E-state index in [0.717, 1.165) is 18.4 Å². The number of hydrogen-bond donors (Lipinski definition) is 0. The van der Waals surface area contributed by atoms with Crippen LogP contribution < -0.4 is 0 Å². The summed E-state index contributed by atoms with van der Waals surface area (Å²) < 4.78 is 5.27. The van der Waals surface area contributed by atoms with Crippen molar-refractivity contribution in [2.45, 2.75) is 43.9 Å². The van der Waals surface area contributed by atoms with Crippen molar-refractivity contribution in [2.75, 3.05) is 12.8 Å². The summed E-state index contributed by atoms with van der Waals surface area (Å²) in [6.45, 7) is 0. The van der Waals surface area contributed by atoms with Crippen LogP contribution in [0.2, 0.25) is 5.02 Å². The summed E-state index contributed by atoms with van der Waals surface area (Å²) in [5, 5.41) is 4.65. The zero-order chi connectivity index (χ0) is 17.6. The van der Waals surface area contributed by atoms with Gasteiger partial charge < -0.3 is 9.42 Å². The Morgan fingerprint density at radius 2 is 2.00 bits per heavy atom. The second-order valence-electron chi connectivity index (χ2n) is 6.31. The van der Waals surface area contributed by atoms with Crippen molar-refractivity contribution in [3.05, 3.63) is 35.2 Å². The molecule has 0 aliphatic heterocycles. The third kappa shape index (κ3) is 4.98. The number of carbonyl (C=O) groups excluding carboxylic acids is 1. The van der Waals surface area contributed by atoms with E-state index < -0.39 is 0 Å². The van der Waals surface area contributed by atoms with E-state index in [1.807, 2.05) is 24.1 Å². The first kappa shape index (κ1) is 18.3. The Kier molecular flexibility index (Phi) is 6.37. The standard InChI is InChI=1S/C18H22ClN3O2S/c1-22(15-5-3-2-4-6-15)17(23)12-25-11-16-20-18(21-24-16)13-7-9-14(19)10-8-13/h7-10,15H,2-6,11-12H2,1H3. The molecule has 1 saturated carbocycles. The highest BCUT2D eigenvalue weighted by Gasteiger charge is 2.22. The lowest BCUT2D eigenvalue weighted by Crippen LogP contribution is -2.39. The topological polar surface area (TPSA) is 59.2 Å². The van der Waals surface area contributed by atoms with Crippen LogP contribution in [0.15, 0.2) is 28.8 Å². The van der Waals surface area contributed by atoms with Crippen LogP contribution in [0.25, 0.3) is 11.4 Å². The van der Waals surface area contributed by atoms with Crippen molar-refractivity contribution in [3.63, 3.8) is 0 Å². The smallest absolute Gasteiger partial charge is 0.236 e. The molecule has 1 fully saturated rings. The van der Waals surface area contributed by atoms with E-state index in [-0.39, 0.29) is 5.91 Å². The minimum atomic E-state index is 0.175. The SMILES string of the molecule is CN(C(=O)CSCc1nc(-c2ccc(Cl)cc2)no1)C1CCCCC1. The lowest BCUT2D eigenvalue weighted by Gasteiger charge is -2.31. The summed E-state index contributed by atoms with van der Waals surface area (Å²) in [5.41, 5.74) is 0.859. The Labute approximate surface area is 157 Å². The fourth-order valence-corrected chi connectivity index (χ4v) is 3.93. The number of aromatic nitrogens is 2.